The molecule has 1 aromatic carbocycles. The highest BCUT2D eigenvalue weighted by Gasteiger charge is 2.78. The van der Waals surface area contributed by atoms with Crippen molar-refractivity contribution in [3.63, 3.8) is 0 Å². The van der Waals surface area contributed by atoms with Crippen LogP contribution >= 0.6 is 0 Å². The Morgan fingerprint density at radius 1 is 1.04 bits per heavy atom. The number of rotatable bonds is 8. The summed E-state index contributed by atoms with van der Waals surface area (Å²) >= 11 is 0. The van der Waals surface area contributed by atoms with Gasteiger partial charge in [0.05, 0.1) is 6.61 Å². The number of hydrogen-bond donors (Lipinski definition) is 1. The molecule has 0 spiro atoms. The predicted octanol–water partition coefficient (Wildman–Crippen LogP) is 3.20. The second kappa shape index (κ2) is 7.96. The summed E-state index contributed by atoms with van der Waals surface area (Å²) in [6, 6.07) is 7.09. The fourth-order valence-corrected chi connectivity index (χ4v) is 2.02. The number of halogens is 6. The van der Waals surface area contributed by atoms with Crippen LogP contribution in [0.15, 0.2) is 30.3 Å². The number of benzene rings is 1. The lowest BCUT2D eigenvalue weighted by molar-refractivity contribution is -0.294. The zero-order chi connectivity index (χ0) is 20.2. The number of amides is 1. The minimum atomic E-state index is -6.27. The molecule has 0 fully saturated rings. The fraction of sp³-hybridized carbons (Fsp3) is 0.500. The van der Waals surface area contributed by atoms with Crippen molar-refractivity contribution in [1.29, 1.82) is 0 Å². The van der Waals surface area contributed by atoms with Crippen LogP contribution < -0.4 is 5.32 Å². The van der Waals surface area contributed by atoms with E-state index in [-0.39, 0.29) is 6.42 Å². The molecule has 0 aliphatic heterocycles. The number of ether oxygens (including phenoxy) is 1. The number of alkyl halides is 6. The van der Waals surface area contributed by atoms with Gasteiger partial charge in [0.2, 0.25) is 0 Å². The molecule has 146 valence electrons. The molecular weight excluding hydrogens is 368 g/mol. The van der Waals surface area contributed by atoms with Crippen molar-refractivity contribution in [2.75, 3.05) is 6.61 Å². The van der Waals surface area contributed by atoms with Crippen molar-refractivity contribution in [1.82, 2.24) is 5.32 Å². The lowest BCUT2D eigenvalue weighted by Gasteiger charge is -2.31. The number of carbonyl (C=O) groups is 2. The molecule has 0 aliphatic carbocycles. The standard InChI is InChI=1S/C16H17F6NO3/c1-3-26-13(25)15(19,20)16(21,22)14(17,18)12(24)23-10(2)9-11-7-5-4-6-8-11/h4-8,10H,3,9H2,1-2H3,(H,23,24). The molecule has 1 amide bonds. The number of nitrogens with one attached hydrogen (secondary N) is 1. The third kappa shape index (κ3) is 4.28. The molecule has 0 saturated carbocycles. The monoisotopic (exact) mass is 385 g/mol. The maximum Gasteiger partial charge on any atom is 0.411 e. The summed E-state index contributed by atoms with van der Waals surface area (Å²) in [5.74, 6) is -23.5. The van der Waals surface area contributed by atoms with Gasteiger partial charge in [-0.2, -0.15) is 26.3 Å². The van der Waals surface area contributed by atoms with E-state index < -0.39 is 42.3 Å². The first-order valence-corrected chi connectivity index (χ1v) is 7.53. The molecule has 1 atom stereocenters. The van der Waals surface area contributed by atoms with E-state index in [1.54, 1.807) is 35.6 Å². The van der Waals surface area contributed by atoms with Gasteiger partial charge in [0.25, 0.3) is 5.91 Å². The van der Waals surface area contributed by atoms with Gasteiger partial charge >= 0.3 is 23.7 Å². The fourth-order valence-electron chi connectivity index (χ4n) is 2.02. The Morgan fingerprint density at radius 2 is 1.58 bits per heavy atom. The van der Waals surface area contributed by atoms with Gasteiger partial charge in [0.1, 0.15) is 0 Å². The van der Waals surface area contributed by atoms with E-state index in [9.17, 15) is 35.9 Å². The van der Waals surface area contributed by atoms with Crippen molar-refractivity contribution < 1.29 is 40.7 Å². The van der Waals surface area contributed by atoms with Gasteiger partial charge in [-0.1, -0.05) is 30.3 Å². The van der Waals surface area contributed by atoms with Crippen LogP contribution in [0, 0.1) is 0 Å². The average molecular weight is 385 g/mol. The Labute approximate surface area is 145 Å². The van der Waals surface area contributed by atoms with E-state index in [4.69, 9.17) is 0 Å². The normalized spacial score (nSPS) is 13.8. The second-order valence-corrected chi connectivity index (χ2v) is 5.51. The molecule has 0 saturated heterocycles. The van der Waals surface area contributed by atoms with E-state index >= 15 is 0 Å². The molecule has 0 radical (unpaired) electrons. The summed E-state index contributed by atoms with van der Waals surface area (Å²) in [5, 5.41) is 1.56. The molecule has 1 N–H and O–H groups in total. The third-order valence-corrected chi connectivity index (χ3v) is 3.37. The summed E-state index contributed by atoms with van der Waals surface area (Å²) in [5.41, 5.74) is 0.604. The van der Waals surface area contributed by atoms with E-state index in [0.717, 1.165) is 6.92 Å². The zero-order valence-corrected chi connectivity index (χ0v) is 13.9. The van der Waals surface area contributed by atoms with Gasteiger partial charge < -0.3 is 10.1 Å². The van der Waals surface area contributed by atoms with Gasteiger partial charge in [-0.3, -0.25) is 4.79 Å². The molecule has 0 heterocycles. The second-order valence-electron chi connectivity index (χ2n) is 5.51. The van der Waals surface area contributed by atoms with Crippen molar-refractivity contribution >= 4 is 11.9 Å². The first-order chi connectivity index (χ1) is 11.9. The van der Waals surface area contributed by atoms with Gasteiger partial charge in [-0.05, 0) is 25.8 Å². The maximum absolute atomic E-state index is 13.7. The topological polar surface area (TPSA) is 55.4 Å². The molecule has 4 nitrogen and oxygen atoms in total. The van der Waals surface area contributed by atoms with Crippen LogP contribution in [-0.4, -0.2) is 42.3 Å². The smallest absolute Gasteiger partial charge is 0.411 e. The van der Waals surface area contributed by atoms with Gasteiger partial charge in [0.15, 0.2) is 0 Å². The molecule has 1 rings (SSSR count). The number of esters is 1. The van der Waals surface area contributed by atoms with Crippen molar-refractivity contribution in [2.45, 2.75) is 44.1 Å². The zero-order valence-electron chi connectivity index (χ0n) is 13.9. The van der Waals surface area contributed by atoms with Gasteiger partial charge in [-0.15, -0.1) is 0 Å². The van der Waals surface area contributed by atoms with Crippen LogP contribution in [0.2, 0.25) is 0 Å². The predicted molar refractivity (Wildman–Crippen MR) is 79.2 cm³/mol. The summed E-state index contributed by atoms with van der Waals surface area (Å²) in [4.78, 5) is 22.4. The van der Waals surface area contributed by atoms with E-state index in [0.29, 0.717) is 5.56 Å². The van der Waals surface area contributed by atoms with E-state index in [2.05, 4.69) is 4.74 Å². The number of hydrogen-bond acceptors (Lipinski definition) is 3. The minimum absolute atomic E-state index is 0.00248. The van der Waals surface area contributed by atoms with Crippen molar-refractivity contribution in [3.05, 3.63) is 35.9 Å². The Morgan fingerprint density at radius 3 is 2.08 bits per heavy atom. The first kappa shape index (κ1) is 21.8. The van der Waals surface area contributed by atoms with E-state index in [1.807, 2.05) is 0 Å². The molecule has 1 unspecified atom stereocenters. The van der Waals surface area contributed by atoms with Crippen LogP contribution in [0.3, 0.4) is 0 Å². The van der Waals surface area contributed by atoms with E-state index in [1.165, 1.54) is 6.92 Å². The van der Waals surface area contributed by atoms with Crippen molar-refractivity contribution in [3.8, 4) is 0 Å². The highest BCUT2D eigenvalue weighted by Crippen LogP contribution is 2.46. The van der Waals surface area contributed by atoms with Crippen LogP contribution in [0.4, 0.5) is 26.3 Å². The quantitative estimate of drug-likeness (QED) is 0.552. The summed E-state index contributed by atoms with van der Waals surface area (Å²) in [6.45, 7) is 1.54. The highest BCUT2D eigenvalue weighted by molar-refractivity contribution is 5.88. The Hall–Kier alpha value is -2.26. The minimum Gasteiger partial charge on any atom is -0.461 e. The molecule has 1 aromatic rings. The van der Waals surface area contributed by atoms with Crippen LogP contribution in [0.5, 0.6) is 0 Å². The number of carbonyl (C=O) groups excluding carboxylic acids is 2. The summed E-state index contributed by atoms with van der Waals surface area (Å²) in [6.07, 6.45) is 0.00248. The highest BCUT2D eigenvalue weighted by atomic mass is 19.3. The lowest BCUT2D eigenvalue weighted by Crippen LogP contribution is -2.64. The summed E-state index contributed by atoms with van der Waals surface area (Å²) in [7, 11) is 0. The molecule has 26 heavy (non-hydrogen) atoms. The average Bonchev–Trinajstić information content (AvgIpc) is 2.55. The van der Waals surface area contributed by atoms with Gasteiger partial charge in [-0.25, -0.2) is 4.79 Å². The Kier molecular flexibility index (Phi) is 6.67. The maximum atomic E-state index is 13.7. The Balaban J connectivity index is 2.92. The molecule has 10 heteroatoms. The first-order valence-electron chi connectivity index (χ1n) is 7.53. The summed E-state index contributed by atoms with van der Waals surface area (Å²) < 4.78 is 85.3. The molecule has 0 aromatic heterocycles. The van der Waals surface area contributed by atoms with Crippen LogP contribution in [0.1, 0.15) is 19.4 Å². The largest absolute Gasteiger partial charge is 0.461 e. The van der Waals surface area contributed by atoms with Crippen LogP contribution in [0.25, 0.3) is 0 Å². The lowest BCUT2D eigenvalue weighted by atomic mass is 10.0. The van der Waals surface area contributed by atoms with Gasteiger partial charge in [0, 0.05) is 6.04 Å². The third-order valence-electron chi connectivity index (χ3n) is 3.37. The molecule has 0 aliphatic rings. The molecule has 0 bridgehead atoms. The Bertz CT molecular complexity index is 636. The molecular formula is C16H17F6NO3. The van der Waals surface area contributed by atoms with Crippen LogP contribution in [-0.2, 0) is 20.7 Å². The van der Waals surface area contributed by atoms with Crippen molar-refractivity contribution in [2.24, 2.45) is 0 Å². The SMILES string of the molecule is CCOC(=O)C(F)(F)C(F)(F)C(F)(F)C(=O)NC(C)Cc1ccccc1.